The van der Waals surface area contributed by atoms with Crippen LogP contribution in [0.1, 0.15) is 28.3 Å². The summed E-state index contributed by atoms with van der Waals surface area (Å²) in [6, 6.07) is 27.0. The minimum Gasteiger partial charge on any atom is -0.368 e. The second-order valence-electron chi connectivity index (χ2n) is 6.81. The summed E-state index contributed by atoms with van der Waals surface area (Å²) in [6.45, 7) is 0. The van der Waals surface area contributed by atoms with Crippen LogP contribution in [-0.4, -0.2) is 20.7 Å². The standard InChI is InChI=1S/C23H20ClN5O/c24-18-12-7-13-19(14-18)26-23-27-22(25)29(28-23)21(30)15-20(16-8-3-1-4-9-16)17-10-5-2-6-11-17/h1-14,20H,15H2,(H3,25,26,27,28). The van der Waals surface area contributed by atoms with E-state index in [0.29, 0.717) is 10.7 Å². The molecule has 1 aromatic heterocycles. The van der Waals surface area contributed by atoms with E-state index in [9.17, 15) is 4.79 Å². The molecule has 0 radical (unpaired) electrons. The van der Waals surface area contributed by atoms with Gasteiger partial charge in [-0.15, -0.1) is 5.10 Å². The molecule has 0 aliphatic rings. The summed E-state index contributed by atoms with van der Waals surface area (Å²) in [5.74, 6) is -0.0896. The van der Waals surface area contributed by atoms with Crippen molar-refractivity contribution in [2.75, 3.05) is 11.1 Å². The lowest BCUT2D eigenvalue weighted by Gasteiger charge is -2.17. The van der Waals surface area contributed by atoms with Gasteiger partial charge in [0, 0.05) is 23.0 Å². The zero-order valence-electron chi connectivity index (χ0n) is 16.1. The molecule has 0 bridgehead atoms. The van der Waals surface area contributed by atoms with E-state index in [-0.39, 0.29) is 30.1 Å². The Morgan fingerprint density at radius 2 is 1.60 bits per heavy atom. The maximum atomic E-state index is 13.1. The third-order valence-corrected chi connectivity index (χ3v) is 4.97. The Morgan fingerprint density at radius 3 is 2.20 bits per heavy atom. The molecule has 1 heterocycles. The fourth-order valence-electron chi connectivity index (χ4n) is 3.32. The van der Waals surface area contributed by atoms with Gasteiger partial charge in [-0.05, 0) is 29.3 Å². The van der Waals surface area contributed by atoms with E-state index in [2.05, 4.69) is 15.4 Å². The Kier molecular flexibility index (Phi) is 5.77. The van der Waals surface area contributed by atoms with Crippen LogP contribution in [0.3, 0.4) is 0 Å². The Labute approximate surface area is 179 Å². The van der Waals surface area contributed by atoms with E-state index in [1.807, 2.05) is 66.7 Å². The van der Waals surface area contributed by atoms with E-state index in [1.165, 1.54) is 0 Å². The minimum atomic E-state index is -0.239. The van der Waals surface area contributed by atoms with Crippen molar-refractivity contribution in [1.82, 2.24) is 14.8 Å². The van der Waals surface area contributed by atoms with Crippen LogP contribution in [0.2, 0.25) is 5.02 Å². The predicted molar refractivity (Wildman–Crippen MR) is 119 cm³/mol. The molecule has 0 amide bonds. The van der Waals surface area contributed by atoms with Gasteiger partial charge in [0.1, 0.15) is 0 Å². The highest BCUT2D eigenvalue weighted by atomic mass is 35.5. The number of carbonyl (C=O) groups excluding carboxylic acids is 1. The highest BCUT2D eigenvalue weighted by Crippen LogP contribution is 2.29. The lowest BCUT2D eigenvalue weighted by atomic mass is 9.88. The van der Waals surface area contributed by atoms with Gasteiger partial charge in [-0.2, -0.15) is 9.67 Å². The summed E-state index contributed by atoms with van der Waals surface area (Å²) in [6.07, 6.45) is 0.207. The van der Waals surface area contributed by atoms with Crippen molar-refractivity contribution in [3.05, 3.63) is 101 Å². The summed E-state index contributed by atoms with van der Waals surface area (Å²) in [5.41, 5.74) is 8.79. The maximum Gasteiger partial charge on any atom is 0.251 e. The molecule has 0 aliphatic carbocycles. The number of rotatable bonds is 6. The molecule has 0 atom stereocenters. The fourth-order valence-corrected chi connectivity index (χ4v) is 3.51. The van der Waals surface area contributed by atoms with Crippen LogP contribution in [0.25, 0.3) is 0 Å². The number of halogens is 1. The normalized spacial score (nSPS) is 10.9. The first-order chi connectivity index (χ1) is 14.6. The summed E-state index contributed by atoms with van der Waals surface area (Å²) in [7, 11) is 0. The molecule has 4 aromatic rings. The average Bonchev–Trinajstić information content (AvgIpc) is 3.13. The van der Waals surface area contributed by atoms with Crippen molar-refractivity contribution in [1.29, 1.82) is 0 Å². The molecule has 0 saturated carbocycles. The highest BCUT2D eigenvalue weighted by molar-refractivity contribution is 6.30. The average molecular weight is 418 g/mol. The summed E-state index contributed by atoms with van der Waals surface area (Å²) in [4.78, 5) is 17.2. The number of nitrogens with zero attached hydrogens (tertiary/aromatic N) is 3. The first kappa shape index (κ1) is 19.7. The lowest BCUT2D eigenvalue weighted by molar-refractivity contribution is 0.0884. The minimum absolute atomic E-state index is 0.0319. The number of nitrogen functional groups attached to an aromatic ring is 1. The molecule has 150 valence electrons. The Balaban J connectivity index is 1.58. The van der Waals surface area contributed by atoms with Gasteiger partial charge in [-0.25, -0.2) is 0 Å². The van der Waals surface area contributed by atoms with Gasteiger partial charge >= 0.3 is 0 Å². The van der Waals surface area contributed by atoms with Crippen molar-refractivity contribution in [2.24, 2.45) is 0 Å². The molecule has 0 aliphatic heterocycles. The second-order valence-corrected chi connectivity index (χ2v) is 7.25. The number of carbonyl (C=O) groups is 1. The number of anilines is 3. The maximum absolute atomic E-state index is 13.1. The van der Waals surface area contributed by atoms with Gasteiger partial charge in [0.15, 0.2) is 0 Å². The van der Waals surface area contributed by atoms with Crippen LogP contribution in [-0.2, 0) is 0 Å². The number of hydrogen-bond acceptors (Lipinski definition) is 5. The molecular formula is C23H20ClN5O. The van der Waals surface area contributed by atoms with Gasteiger partial charge in [0.2, 0.25) is 11.9 Å². The van der Waals surface area contributed by atoms with Crippen molar-refractivity contribution in [2.45, 2.75) is 12.3 Å². The molecule has 30 heavy (non-hydrogen) atoms. The third kappa shape index (κ3) is 4.50. The van der Waals surface area contributed by atoms with Crippen LogP contribution in [0.4, 0.5) is 17.6 Å². The quantitative estimate of drug-likeness (QED) is 0.454. The van der Waals surface area contributed by atoms with Gasteiger partial charge in [0.05, 0.1) is 0 Å². The summed E-state index contributed by atoms with van der Waals surface area (Å²) in [5, 5.41) is 7.85. The SMILES string of the molecule is Nc1nc(Nc2cccc(Cl)c2)nn1C(=O)CC(c1ccccc1)c1ccccc1. The molecule has 0 saturated heterocycles. The number of aromatic nitrogens is 3. The van der Waals surface area contributed by atoms with Crippen molar-refractivity contribution in [3.63, 3.8) is 0 Å². The molecule has 0 spiro atoms. The van der Waals surface area contributed by atoms with Crippen LogP contribution in [0, 0.1) is 0 Å². The van der Waals surface area contributed by atoms with Crippen molar-refractivity contribution >= 4 is 35.1 Å². The summed E-state index contributed by atoms with van der Waals surface area (Å²) < 4.78 is 1.14. The fraction of sp³-hybridized carbons (Fsp3) is 0.0870. The first-order valence-corrected chi connectivity index (χ1v) is 9.86. The molecular weight excluding hydrogens is 398 g/mol. The van der Waals surface area contributed by atoms with E-state index in [4.69, 9.17) is 17.3 Å². The third-order valence-electron chi connectivity index (χ3n) is 4.73. The Bertz CT molecular complexity index is 1110. The molecule has 0 unspecified atom stereocenters. The van der Waals surface area contributed by atoms with Crippen molar-refractivity contribution < 1.29 is 4.79 Å². The van der Waals surface area contributed by atoms with E-state index in [0.717, 1.165) is 15.8 Å². The number of nitrogens with two attached hydrogens (primary N) is 1. The monoisotopic (exact) mass is 417 g/mol. The number of benzene rings is 3. The van der Waals surface area contributed by atoms with Crippen molar-refractivity contribution in [3.8, 4) is 0 Å². The molecule has 3 aromatic carbocycles. The molecule has 4 rings (SSSR count). The lowest BCUT2D eigenvalue weighted by Crippen LogP contribution is -2.19. The van der Waals surface area contributed by atoms with Gasteiger partial charge in [-0.1, -0.05) is 78.3 Å². The van der Waals surface area contributed by atoms with E-state index < -0.39 is 0 Å². The Morgan fingerprint density at radius 1 is 0.967 bits per heavy atom. The molecule has 0 fully saturated rings. The number of hydrogen-bond donors (Lipinski definition) is 2. The molecule has 3 N–H and O–H groups in total. The smallest absolute Gasteiger partial charge is 0.251 e. The van der Waals surface area contributed by atoms with Gasteiger partial charge < -0.3 is 11.1 Å². The van der Waals surface area contributed by atoms with E-state index >= 15 is 0 Å². The predicted octanol–water partition coefficient (Wildman–Crippen LogP) is 5.12. The van der Waals surface area contributed by atoms with Crippen LogP contribution >= 0.6 is 11.6 Å². The largest absolute Gasteiger partial charge is 0.368 e. The summed E-state index contributed by atoms with van der Waals surface area (Å²) >= 11 is 6.01. The number of nitrogens with one attached hydrogen (secondary N) is 1. The van der Waals surface area contributed by atoms with Gasteiger partial charge in [-0.3, -0.25) is 4.79 Å². The van der Waals surface area contributed by atoms with E-state index in [1.54, 1.807) is 18.2 Å². The highest BCUT2D eigenvalue weighted by Gasteiger charge is 2.22. The van der Waals surface area contributed by atoms with Crippen LogP contribution in [0.5, 0.6) is 0 Å². The zero-order valence-corrected chi connectivity index (χ0v) is 16.8. The van der Waals surface area contributed by atoms with Crippen LogP contribution < -0.4 is 11.1 Å². The van der Waals surface area contributed by atoms with Gasteiger partial charge in [0.25, 0.3) is 5.91 Å². The molecule has 6 nitrogen and oxygen atoms in total. The molecule has 7 heteroatoms. The second kappa shape index (κ2) is 8.80. The topological polar surface area (TPSA) is 85.8 Å². The first-order valence-electron chi connectivity index (χ1n) is 9.48. The van der Waals surface area contributed by atoms with Crippen LogP contribution in [0.15, 0.2) is 84.9 Å². The zero-order chi connectivity index (χ0) is 20.9. The Hall–Kier alpha value is -3.64.